The third-order valence-electron chi connectivity index (χ3n) is 6.00. The molecule has 7 nitrogen and oxygen atoms in total. The van der Waals surface area contributed by atoms with E-state index in [-0.39, 0.29) is 40.4 Å². The molecule has 2 aromatic carbocycles. The van der Waals surface area contributed by atoms with Crippen molar-refractivity contribution in [3.8, 4) is 28.7 Å². The number of aliphatic hydroxyl groups is 1. The zero-order valence-electron chi connectivity index (χ0n) is 18.2. The SMILES string of the molecule is CC(C)=CCc1c(O)cc2c(c1O)C(=O)[C@]1(O)c3cc4c(cc3O[C@@H]1O2)OC(C)(C)C=C4. The molecular weight excluding hydrogens is 412 g/mol. The highest BCUT2D eigenvalue weighted by molar-refractivity contribution is 6.09. The number of ketones is 1. The molecule has 3 N–H and O–H groups in total. The Morgan fingerprint density at radius 3 is 2.53 bits per heavy atom. The summed E-state index contributed by atoms with van der Waals surface area (Å²) in [6, 6.07) is 4.54. The Morgan fingerprint density at radius 1 is 1.09 bits per heavy atom. The minimum atomic E-state index is -2.15. The maximum absolute atomic E-state index is 13.6. The van der Waals surface area contributed by atoms with Crippen LogP contribution in [0.25, 0.3) is 6.08 Å². The number of allylic oxidation sites excluding steroid dienone is 2. The highest BCUT2D eigenvalue weighted by Gasteiger charge is 2.60. The molecule has 7 heteroatoms. The Morgan fingerprint density at radius 2 is 1.81 bits per heavy atom. The van der Waals surface area contributed by atoms with Crippen molar-refractivity contribution in [3.63, 3.8) is 0 Å². The van der Waals surface area contributed by atoms with E-state index in [1.54, 1.807) is 12.1 Å². The van der Waals surface area contributed by atoms with Crippen LogP contribution in [0.4, 0.5) is 0 Å². The van der Waals surface area contributed by atoms with E-state index in [0.29, 0.717) is 11.3 Å². The van der Waals surface area contributed by atoms with Gasteiger partial charge in [-0.25, -0.2) is 0 Å². The summed E-state index contributed by atoms with van der Waals surface area (Å²) in [6.07, 6.45) is 4.44. The van der Waals surface area contributed by atoms with Gasteiger partial charge in [-0.1, -0.05) is 17.7 Å². The summed E-state index contributed by atoms with van der Waals surface area (Å²) in [5.74, 6) is -0.589. The number of aromatic hydroxyl groups is 2. The van der Waals surface area contributed by atoms with Gasteiger partial charge in [0.1, 0.15) is 39.9 Å². The molecule has 0 saturated heterocycles. The Hall–Kier alpha value is -3.45. The van der Waals surface area contributed by atoms with E-state index in [2.05, 4.69) is 0 Å². The summed E-state index contributed by atoms with van der Waals surface area (Å²) in [5.41, 5.74) is -0.726. The number of benzene rings is 2. The summed E-state index contributed by atoms with van der Waals surface area (Å²) in [4.78, 5) is 13.6. The summed E-state index contributed by atoms with van der Waals surface area (Å²) in [7, 11) is 0. The van der Waals surface area contributed by atoms with E-state index in [1.807, 2.05) is 45.9 Å². The fourth-order valence-corrected chi connectivity index (χ4v) is 4.26. The molecule has 0 aliphatic carbocycles. The minimum Gasteiger partial charge on any atom is -0.507 e. The Bertz CT molecular complexity index is 1230. The number of phenolic OH excluding ortho intramolecular Hbond substituents is 2. The molecule has 2 atom stereocenters. The average molecular weight is 436 g/mol. The third kappa shape index (κ3) is 2.81. The highest BCUT2D eigenvalue weighted by Crippen LogP contribution is 2.53. The van der Waals surface area contributed by atoms with Gasteiger partial charge in [0.15, 0.2) is 0 Å². The molecule has 3 heterocycles. The first-order valence-electron chi connectivity index (χ1n) is 10.4. The van der Waals surface area contributed by atoms with E-state index in [4.69, 9.17) is 14.2 Å². The molecule has 0 spiro atoms. The van der Waals surface area contributed by atoms with Crippen LogP contribution in [0, 0.1) is 0 Å². The largest absolute Gasteiger partial charge is 0.507 e. The van der Waals surface area contributed by atoms with Crippen molar-refractivity contribution in [1.82, 2.24) is 0 Å². The molecule has 2 aromatic rings. The van der Waals surface area contributed by atoms with Crippen molar-refractivity contribution < 1.29 is 34.3 Å². The van der Waals surface area contributed by atoms with Crippen LogP contribution in [0.15, 0.2) is 35.9 Å². The van der Waals surface area contributed by atoms with E-state index < -0.39 is 29.0 Å². The number of Topliss-reactive ketones (excluding diaryl/α,β-unsaturated/α-hetero) is 1. The van der Waals surface area contributed by atoms with Crippen LogP contribution in [0.3, 0.4) is 0 Å². The van der Waals surface area contributed by atoms with Crippen molar-refractivity contribution in [1.29, 1.82) is 0 Å². The van der Waals surface area contributed by atoms with Gasteiger partial charge >= 0.3 is 0 Å². The third-order valence-corrected chi connectivity index (χ3v) is 6.00. The second-order valence-corrected chi connectivity index (χ2v) is 9.17. The first-order valence-corrected chi connectivity index (χ1v) is 10.4. The molecule has 0 fully saturated rings. The second kappa shape index (κ2) is 6.53. The van der Waals surface area contributed by atoms with Crippen molar-refractivity contribution in [2.75, 3.05) is 0 Å². The molecule has 0 radical (unpaired) electrons. The molecule has 3 aliphatic heterocycles. The lowest BCUT2D eigenvalue weighted by atomic mass is 9.82. The maximum atomic E-state index is 13.6. The van der Waals surface area contributed by atoms with Gasteiger partial charge in [-0.05, 0) is 46.3 Å². The number of carbonyl (C=O) groups excluding carboxylic acids is 1. The van der Waals surface area contributed by atoms with Crippen LogP contribution >= 0.6 is 0 Å². The molecule has 0 unspecified atom stereocenters. The van der Waals surface area contributed by atoms with Gasteiger partial charge in [-0.3, -0.25) is 4.79 Å². The highest BCUT2D eigenvalue weighted by atomic mass is 16.7. The fourth-order valence-electron chi connectivity index (χ4n) is 4.26. The van der Waals surface area contributed by atoms with Gasteiger partial charge in [0.05, 0.1) is 0 Å². The number of rotatable bonds is 2. The summed E-state index contributed by atoms with van der Waals surface area (Å²) < 4.78 is 17.5. The van der Waals surface area contributed by atoms with Gasteiger partial charge in [0, 0.05) is 28.8 Å². The van der Waals surface area contributed by atoms with Crippen molar-refractivity contribution >= 4 is 11.9 Å². The number of phenols is 2. The van der Waals surface area contributed by atoms with Gasteiger partial charge in [0.2, 0.25) is 11.4 Å². The summed E-state index contributed by atoms with van der Waals surface area (Å²) in [5, 5.41) is 32.8. The number of fused-ring (bicyclic) bond motifs is 5. The van der Waals surface area contributed by atoms with Crippen molar-refractivity contribution in [2.24, 2.45) is 0 Å². The quantitative estimate of drug-likeness (QED) is 0.612. The zero-order valence-corrected chi connectivity index (χ0v) is 18.2. The Kier molecular flexibility index (Phi) is 4.17. The van der Waals surface area contributed by atoms with Crippen LogP contribution in [-0.2, 0) is 12.0 Å². The number of carbonyl (C=O) groups is 1. The van der Waals surface area contributed by atoms with E-state index in [0.717, 1.165) is 5.57 Å². The van der Waals surface area contributed by atoms with Crippen LogP contribution in [-0.4, -0.2) is 33.0 Å². The van der Waals surface area contributed by atoms with E-state index in [9.17, 15) is 20.1 Å². The Balaban J connectivity index is 1.63. The van der Waals surface area contributed by atoms with E-state index >= 15 is 0 Å². The maximum Gasteiger partial charge on any atom is 0.281 e. The smallest absolute Gasteiger partial charge is 0.281 e. The minimum absolute atomic E-state index is 0.0459. The molecule has 0 saturated carbocycles. The molecule has 166 valence electrons. The fraction of sp³-hybridized carbons (Fsp3) is 0.320. The molecule has 0 amide bonds. The Labute approximate surface area is 185 Å². The normalized spacial score (nSPS) is 23.7. The zero-order chi connectivity index (χ0) is 23.0. The summed E-state index contributed by atoms with van der Waals surface area (Å²) in [6.45, 7) is 7.61. The van der Waals surface area contributed by atoms with Gasteiger partial charge in [-0.15, -0.1) is 0 Å². The lowest BCUT2D eigenvalue weighted by Gasteiger charge is -2.34. The topological polar surface area (TPSA) is 105 Å². The first kappa shape index (κ1) is 20.5. The summed E-state index contributed by atoms with van der Waals surface area (Å²) >= 11 is 0. The first-order chi connectivity index (χ1) is 15.0. The lowest BCUT2D eigenvalue weighted by Crippen LogP contribution is -2.51. The molecular formula is C25H24O7. The monoisotopic (exact) mass is 436 g/mol. The molecule has 3 aliphatic rings. The van der Waals surface area contributed by atoms with Gasteiger partial charge in [0.25, 0.3) is 6.29 Å². The standard InChI is InChI=1S/C25H24O7/c1-12(2)5-6-14-16(26)10-19-20(21(14)27)22(28)25(29)15-9-13-7-8-24(3,4)32-17(13)11-18(15)30-23(25)31-19/h5,7-11,23,26-27,29H,6H2,1-4H3/t23-,25-/m1/s1. The van der Waals surface area contributed by atoms with Crippen LogP contribution in [0.1, 0.15) is 54.7 Å². The number of ether oxygens (including phenoxy) is 3. The van der Waals surface area contributed by atoms with Crippen molar-refractivity contribution in [2.45, 2.75) is 51.6 Å². The average Bonchev–Trinajstić information content (AvgIpc) is 2.97. The predicted molar refractivity (Wildman–Crippen MR) is 116 cm³/mol. The molecule has 0 aromatic heterocycles. The second-order valence-electron chi connectivity index (χ2n) is 9.17. The van der Waals surface area contributed by atoms with Gasteiger partial charge < -0.3 is 29.5 Å². The predicted octanol–water partition coefficient (Wildman–Crippen LogP) is 3.97. The van der Waals surface area contributed by atoms with Crippen LogP contribution in [0.2, 0.25) is 0 Å². The number of hydrogen-bond donors (Lipinski definition) is 3. The van der Waals surface area contributed by atoms with Crippen LogP contribution < -0.4 is 14.2 Å². The van der Waals surface area contributed by atoms with Gasteiger partial charge in [-0.2, -0.15) is 0 Å². The van der Waals surface area contributed by atoms with Crippen LogP contribution in [0.5, 0.6) is 28.7 Å². The lowest BCUT2D eigenvalue weighted by molar-refractivity contribution is -0.118. The molecule has 0 bridgehead atoms. The van der Waals surface area contributed by atoms with E-state index in [1.165, 1.54) is 6.07 Å². The molecule has 5 rings (SSSR count). The molecule has 32 heavy (non-hydrogen) atoms. The van der Waals surface area contributed by atoms with Crippen molar-refractivity contribution in [3.05, 3.63) is 58.2 Å². The number of hydrogen-bond acceptors (Lipinski definition) is 7.